The molecule has 0 aliphatic carbocycles. The molecule has 4 heterocycles. The maximum absolute atomic E-state index is 13.2. The Morgan fingerprint density at radius 3 is 2.67 bits per heavy atom. The van der Waals surface area contributed by atoms with Crippen LogP contribution >= 0.6 is 0 Å². The standard InChI is InChI=1S/C23H26F6N6O4/c1-12(32-16-7-31-33-21(37)19(16)23(27,28)29)10-38-4-3-18(36)34-9-15-11-39-17-5-14(22(24,25)26)6-30-20(17)35(15)8-13(34)2/h5-7,12-13,15H,3-4,8-11H2,1-2H3,(H2,32,33,37)/t12-,13+,15+/m0/s1. The quantitative estimate of drug-likeness (QED) is 0.390. The molecule has 1 amide bonds. The number of carbonyl (C=O) groups is 1. The zero-order valence-electron chi connectivity index (χ0n) is 20.9. The van der Waals surface area contributed by atoms with E-state index in [-0.39, 0.29) is 56.5 Å². The smallest absolute Gasteiger partial charge is 0.423 e. The Balaban J connectivity index is 1.28. The topological polar surface area (TPSA) is 113 Å². The Labute approximate surface area is 218 Å². The van der Waals surface area contributed by atoms with Gasteiger partial charge in [0, 0.05) is 31.4 Å². The lowest BCUT2D eigenvalue weighted by Crippen LogP contribution is -2.62. The monoisotopic (exact) mass is 564 g/mol. The van der Waals surface area contributed by atoms with Gasteiger partial charge in [0.05, 0.1) is 43.1 Å². The van der Waals surface area contributed by atoms with Gasteiger partial charge >= 0.3 is 12.4 Å². The van der Waals surface area contributed by atoms with Crippen molar-refractivity contribution < 1.29 is 40.6 Å². The van der Waals surface area contributed by atoms with Crippen LogP contribution in [0.3, 0.4) is 0 Å². The number of aromatic amines is 1. The van der Waals surface area contributed by atoms with Crippen molar-refractivity contribution in [1.29, 1.82) is 0 Å². The second kappa shape index (κ2) is 10.9. The molecule has 2 aliphatic rings. The first-order chi connectivity index (χ1) is 18.3. The molecule has 16 heteroatoms. The zero-order valence-corrected chi connectivity index (χ0v) is 20.9. The van der Waals surface area contributed by atoms with Gasteiger partial charge in [-0.2, -0.15) is 31.4 Å². The molecule has 0 saturated carbocycles. The predicted molar refractivity (Wildman–Crippen MR) is 125 cm³/mol. The van der Waals surface area contributed by atoms with Gasteiger partial charge in [-0.1, -0.05) is 0 Å². The molecule has 2 aromatic heterocycles. The van der Waals surface area contributed by atoms with Gasteiger partial charge in [-0.3, -0.25) is 9.59 Å². The number of rotatable bonds is 7. The summed E-state index contributed by atoms with van der Waals surface area (Å²) in [7, 11) is 0. The van der Waals surface area contributed by atoms with Crippen LogP contribution in [0.2, 0.25) is 0 Å². The normalized spacial score (nSPS) is 20.1. The van der Waals surface area contributed by atoms with Crippen molar-refractivity contribution in [2.75, 3.05) is 43.1 Å². The van der Waals surface area contributed by atoms with Crippen molar-refractivity contribution in [3.63, 3.8) is 0 Å². The first-order valence-corrected chi connectivity index (χ1v) is 12.0. The number of anilines is 2. The van der Waals surface area contributed by atoms with Gasteiger partial charge in [-0.05, 0) is 19.9 Å². The molecular weight excluding hydrogens is 538 g/mol. The number of ether oxygens (including phenoxy) is 2. The third kappa shape index (κ3) is 6.37. The van der Waals surface area contributed by atoms with Gasteiger partial charge in [0.25, 0.3) is 5.56 Å². The molecule has 4 rings (SSSR count). The number of piperazine rings is 1. The first-order valence-electron chi connectivity index (χ1n) is 12.0. The van der Waals surface area contributed by atoms with E-state index in [4.69, 9.17) is 9.47 Å². The summed E-state index contributed by atoms with van der Waals surface area (Å²) < 4.78 is 89.6. The highest BCUT2D eigenvalue weighted by molar-refractivity contribution is 5.77. The van der Waals surface area contributed by atoms with Crippen LogP contribution < -0.4 is 20.5 Å². The summed E-state index contributed by atoms with van der Waals surface area (Å²) in [6.07, 6.45) is -7.78. The molecule has 2 aliphatic heterocycles. The predicted octanol–water partition coefficient (Wildman–Crippen LogP) is 2.91. The molecule has 0 aromatic carbocycles. The van der Waals surface area contributed by atoms with E-state index in [9.17, 15) is 35.9 Å². The Hall–Kier alpha value is -3.56. The van der Waals surface area contributed by atoms with Crippen LogP contribution in [0, 0.1) is 0 Å². The molecule has 2 N–H and O–H groups in total. The number of H-pyrrole nitrogens is 1. The molecule has 1 saturated heterocycles. The van der Waals surface area contributed by atoms with Crippen LogP contribution in [0.25, 0.3) is 0 Å². The Kier molecular flexibility index (Phi) is 7.95. The minimum absolute atomic E-state index is 0.00329. The van der Waals surface area contributed by atoms with Crippen LogP contribution in [0.1, 0.15) is 31.4 Å². The van der Waals surface area contributed by atoms with Gasteiger partial charge in [0.1, 0.15) is 12.2 Å². The number of alkyl halides is 6. The fraction of sp³-hybridized carbons (Fsp3) is 0.565. The van der Waals surface area contributed by atoms with Crippen LogP contribution in [-0.4, -0.2) is 77.0 Å². The van der Waals surface area contributed by atoms with Crippen molar-refractivity contribution in [2.45, 2.75) is 50.7 Å². The summed E-state index contributed by atoms with van der Waals surface area (Å²) in [5.74, 6) is 0.127. The lowest BCUT2D eigenvalue weighted by molar-refractivity contribution is -0.138. The largest absolute Gasteiger partial charge is 0.487 e. The molecular formula is C23H26F6N6O4. The van der Waals surface area contributed by atoms with E-state index in [0.717, 1.165) is 18.5 Å². The number of fused-ring (bicyclic) bond motifs is 3. The van der Waals surface area contributed by atoms with Crippen LogP contribution in [0.4, 0.5) is 37.8 Å². The Morgan fingerprint density at radius 2 is 1.97 bits per heavy atom. The van der Waals surface area contributed by atoms with Crippen molar-refractivity contribution >= 4 is 17.4 Å². The third-order valence-corrected chi connectivity index (χ3v) is 6.39. The van der Waals surface area contributed by atoms with Gasteiger partial charge in [-0.15, -0.1) is 0 Å². The Morgan fingerprint density at radius 1 is 1.23 bits per heavy atom. The molecule has 0 radical (unpaired) electrons. The number of halogens is 6. The summed E-state index contributed by atoms with van der Waals surface area (Å²) >= 11 is 0. The lowest BCUT2D eigenvalue weighted by Gasteiger charge is -2.48. The van der Waals surface area contributed by atoms with Crippen molar-refractivity contribution in [2.24, 2.45) is 0 Å². The fourth-order valence-corrected chi connectivity index (χ4v) is 4.55. The molecule has 0 bridgehead atoms. The number of pyridine rings is 1. The SMILES string of the molecule is C[C@@H]1CN2c3ncc(C(F)(F)F)cc3OC[C@H]2CN1C(=O)CCOC[C@H](C)Nc1cn[nH]c(=O)c1C(F)(F)F. The molecule has 0 spiro atoms. The van der Waals surface area contributed by atoms with Crippen molar-refractivity contribution in [1.82, 2.24) is 20.1 Å². The number of hydrogen-bond donors (Lipinski definition) is 2. The van der Waals surface area contributed by atoms with E-state index in [2.05, 4.69) is 15.4 Å². The second-order valence-corrected chi connectivity index (χ2v) is 9.41. The summed E-state index contributed by atoms with van der Waals surface area (Å²) in [5, 5.41) is 7.70. The highest BCUT2D eigenvalue weighted by atomic mass is 19.4. The molecule has 214 valence electrons. The van der Waals surface area contributed by atoms with Crippen LogP contribution in [-0.2, 0) is 21.9 Å². The molecule has 2 aromatic rings. The van der Waals surface area contributed by atoms with E-state index in [1.165, 1.54) is 0 Å². The minimum Gasteiger partial charge on any atom is -0.487 e. The zero-order chi connectivity index (χ0) is 28.5. The maximum Gasteiger partial charge on any atom is 0.423 e. The average molecular weight is 564 g/mol. The second-order valence-electron chi connectivity index (χ2n) is 9.41. The van der Waals surface area contributed by atoms with Crippen LogP contribution in [0.5, 0.6) is 5.75 Å². The van der Waals surface area contributed by atoms with E-state index in [1.807, 2.05) is 11.8 Å². The van der Waals surface area contributed by atoms with Gasteiger partial charge in [0.15, 0.2) is 11.6 Å². The number of nitrogens with zero attached hydrogens (tertiary/aromatic N) is 4. The van der Waals surface area contributed by atoms with Gasteiger partial charge in [-0.25, -0.2) is 10.1 Å². The first kappa shape index (κ1) is 28.4. The molecule has 10 nitrogen and oxygen atoms in total. The van der Waals surface area contributed by atoms with Gasteiger partial charge in [0.2, 0.25) is 5.91 Å². The van der Waals surface area contributed by atoms with Gasteiger partial charge < -0.3 is 24.6 Å². The summed E-state index contributed by atoms with van der Waals surface area (Å²) in [4.78, 5) is 31.9. The number of amides is 1. The highest BCUT2D eigenvalue weighted by Gasteiger charge is 2.41. The van der Waals surface area contributed by atoms with Crippen molar-refractivity contribution in [3.8, 4) is 5.75 Å². The van der Waals surface area contributed by atoms with E-state index < -0.39 is 40.8 Å². The highest BCUT2D eigenvalue weighted by Crippen LogP contribution is 2.39. The molecule has 0 unspecified atom stereocenters. The number of hydrogen-bond acceptors (Lipinski definition) is 8. The third-order valence-electron chi connectivity index (χ3n) is 6.39. The summed E-state index contributed by atoms with van der Waals surface area (Å²) in [5.41, 5.74) is -4.14. The fourth-order valence-electron chi connectivity index (χ4n) is 4.55. The number of carbonyl (C=O) groups excluding carboxylic acids is 1. The lowest BCUT2D eigenvalue weighted by atomic mass is 10.1. The van der Waals surface area contributed by atoms with Crippen LogP contribution in [0.15, 0.2) is 23.3 Å². The minimum atomic E-state index is -4.87. The molecule has 39 heavy (non-hydrogen) atoms. The number of aromatic nitrogens is 3. The van der Waals surface area contributed by atoms with Crippen molar-refractivity contribution in [3.05, 3.63) is 39.9 Å². The van der Waals surface area contributed by atoms with E-state index in [0.29, 0.717) is 12.4 Å². The molecule has 3 atom stereocenters. The summed E-state index contributed by atoms with van der Waals surface area (Å²) in [6, 6.07) is -0.270. The molecule has 1 fully saturated rings. The van der Waals surface area contributed by atoms with E-state index >= 15 is 0 Å². The maximum atomic E-state index is 13.2. The average Bonchev–Trinajstić information content (AvgIpc) is 2.84. The Bertz CT molecular complexity index is 1250. The summed E-state index contributed by atoms with van der Waals surface area (Å²) in [6.45, 7) is 4.03. The number of nitrogens with one attached hydrogen (secondary N) is 2. The van der Waals surface area contributed by atoms with E-state index in [1.54, 1.807) is 16.9 Å².